The summed E-state index contributed by atoms with van der Waals surface area (Å²) in [6.45, 7) is 0.700. The van der Waals surface area contributed by atoms with E-state index in [1.165, 1.54) is 0 Å². The van der Waals surface area contributed by atoms with Gasteiger partial charge in [0.15, 0.2) is 11.6 Å². The highest BCUT2D eigenvalue weighted by Crippen LogP contribution is 2.22. The Labute approximate surface area is 146 Å². The molecule has 0 aliphatic rings. The third-order valence-corrected chi connectivity index (χ3v) is 3.60. The fourth-order valence-electron chi connectivity index (χ4n) is 2.31. The summed E-state index contributed by atoms with van der Waals surface area (Å²) < 4.78 is 5.04. The quantitative estimate of drug-likeness (QED) is 0.381. The van der Waals surface area contributed by atoms with Crippen LogP contribution in [0.5, 0.6) is 5.88 Å². The van der Waals surface area contributed by atoms with Crippen LogP contribution < -0.4 is 15.1 Å². The second kappa shape index (κ2) is 10.1. The van der Waals surface area contributed by atoms with Crippen LogP contribution in [-0.2, 0) is 4.79 Å². The van der Waals surface area contributed by atoms with Crippen LogP contribution in [0, 0.1) is 0 Å². The van der Waals surface area contributed by atoms with E-state index in [4.69, 9.17) is 9.94 Å². The first-order valence-electron chi connectivity index (χ1n) is 8.09. The number of amides is 1. The second-order valence-corrected chi connectivity index (χ2v) is 5.35. The van der Waals surface area contributed by atoms with Gasteiger partial charge in [0.25, 0.3) is 0 Å². The number of nitrogens with one attached hydrogen (secondary N) is 1. The molecule has 0 bridgehead atoms. The van der Waals surface area contributed by atoms with Crippen LogP contribution in [0.4, 0.5) is 11.6 Å². The number of ether oxygens (including phenoxy) is 1. The lowest BCUT2D eigenvalue weighted by Crippen LogP contribution is -2.21. The minimum atomic E-state index is -0.352. The van der Waals surface area contributed by atoms with E-state index in [1.54, 1.807) is 37.2 Å². The maximum Gasteiger partial charge on any atom is 0.243 e. The molecule has 2 aromatic rings. The lowest BCUT2D eigenvalue weighted by molar-refractivity contribution is -0.129. The Bertz CT molecular complexity index is 638. The Hall–Kier alpha value is -2.81. The third kappa shape index (κ3) is 5.96. The average Bonchev–Trinajstić information content (AvgIpc) is 2.68. The highest BCUT2D eigenvalue weighted by Gasteiger charge is 2.13. The molecule has 0 unspecified atom stereocenters. The lowest BCUT2D eigenvalue weighted by atomic mass is 10.1. The second-order valence-electron chi connectivity index (χ2n) is 5.35. The van der Waals surface area contributed by atoms with Gasteiger partial charge in [0.05, 0.1) is 13.3 Å². The van der Waals surface area contributed by atoms with Crippen molar-refractivity contribution in [1.29, 1.82) is 0 Å². The van der Waals surface area contributed by atoms with Gasteiger partial charge in [-0.2, -0.15) is 0 Å². The lowest BCUT2D eigenvalue weighted by Gasteiger charge is -2.21. The first kappa shape index (κ1) is 18.5. The van der Waals surface area contributed by atoms with Crippen molar-refractivity contribution in [2.24, 2.45) is 0 Å². The molecule has 9 nitrogen and oxygen atoms in total. The first-order valence-corrected chi connectivity index (χ1v) is 8.09. The van der Waals surface area contributed by atoms with Gasteiger partial charge in [-0.15, -0.1) is 10.2 Å². The molecule has 2 aromatic heterocycles. The Morgan fingerprint density at radius 2 is 2.00 bits per heavy atom. The molecule has 0 atom stereocenters. The number of rotatable bonds is 10. The molecule has 2 rings (SSSR count). The smallest absolute Gasteiger partial charge is 0.243 e. The Kier molecular flexibility index (Phi) is 7.51. The highest BCUT2D eigenvalue weighted by atomic mass is 16.5. The number of methoxy groups -OCH3 is 1. The minimum absolute atomic E-state index is 0.328. The van der Waals surface area contributed by atoms with E-state index in [2.05, 4.69) is 20.2 Å². The van der Waals surface area contributed by atoms with Gasteiger partial charge in [0.1, 0.15) is 0 Å². The molecule has 0 radical (unpaired) electrons. The van der Waals surface area contributed by atoms with Crippen molar-refractivity contribution in [2.75, 3.05) is 18.6 Å². The van der Waals surface area contributed by atoms with E-state index in [-0.39, 0.29) is 5.91 Å². The summed E-state index contributed by atoms with van der Waals surface area (Å²) in [7, 11) is 1.54. The van der Waals surface area contributed by atoms with Gasteiger partial charge >= 0.3 is 0 Å². The van der Waals surface area contributed by atoms with Crippen molar-refractivity contribution >= 4 is 17.5 Å². The van der Waals surface area contributed by atoms with E-state index in [0.717, 1.165) is 25.7 Å². The fraction of sp³-hybridized carbons (Fsp3) is 0.438. The summed E-state index contributed by atoms with van der Waals surface area (Å²) in [6.07, 6.45) is 8.73. The van der Waals surface area contributed by atoms with Crippen molar-refractivity contribution < 1.29 is 14.7 Å². The van der Waals surface area contributed by atoms with Crippen LogP contribution in [0.25, 0.3) is 0 Å². The molecule has 0 aliphatic carbocycles. The predicted octanol–water partition coefficient (Wildman–Crippen LogP) is 1.87. The van der Waals surface area contributed by atoms with E-state index < -0.39 is 0 Å². The van der Waals surface area contributed by atoms with Gasteiger partial charge in [0.2, 0.25) is 11.8 Å². The molecule has 0 aromatic carbocycles. The van der Waals surface area contributed by atoms with Crippen LogP contribution in [-0.4, -0.2) is 44.9 Å². The summed E-state index contributed by atoms with van der Waals surface area (Å²) in [6, 6.07) is 3.57. The molecule has 0 saturated carbocycles. The minimum Gasteiger partial charge on any atom is -0.480 e. The summed E-state index contributed by atoms with van der Waals surface area (Å²) in [5.74, 6) is 1.46. The monoisotopic (exact) mass is 346 g/mol. The number of carbonyl (C=O) groups excluding carboxylic acids is 1. The summed E-state index contributed by atoms with van der Waals surface area (Å²) in [5.41, 5.74) is 1.64. The van der Waals surface area contributed by atoms with E-state index in [0.29, 0.717) is 30.5 Å². The fourth-order valence-corrected chi connectivity index (χ4v) is 2.31. The highest BCUT2D eigenvalue weighted by molar-refractivity contribution is 5.74. The topological polar surface area (TPSA) is 113 Å². The number of aromatic nitrogens is 4. The zero-order valence-corrected chi connectivity index (χ0v) is 14.1. The largest absolute Gasteiger partial charge is 0.480 e. The molecule has 2 heterocycles. The molecule has 0 fully saturated rings. The average molecular weight is 346 g/mol. The van der Waals surface area contributed by atoms with Crippen molar-refractivity contribution in [3.05, 3.63) is 30.7 Å². The zero-order valence-electron chi connectivity index (χ0n) is 14.1. The molecule has 0 aliphatic heterocycles. The Morgan fingerprint density at radius 1 is 1.16 bits per heavy atom. The van der Waals surface area contributed by atoms with E-state index in [9.17, 15) is 4.79 Å². The molecular weight excluding hydrogens is 324 g/mol. The molecule has 9 heteroatoms. The van der Waals surface area contributed by atoms with Crippen LogP contribution in [0.15, 0.2) is 30.7 Å². The molecule has 134 valence electrons. The Morgan fingerprint density at radius 3 is 2.64 bits per heavy atom. The van der Waals surface area contributed by atoms with Crippen LogP contribution in [0.1, 0.15) is 32.1 Å². The predicted molar refractivity (Wildman–Crippen MR) is 90.6 cm³/mol. The van der Waals surface area contributed by atoms with E-state index in [1.807, 2.05) is 11.0 Å². The third-order valence-electron chi connectivity index (χ3n) is 3.60. The number of unbranched alkanes of at least 4 members (excludes halogenated alkanes) is 3. The van der Waals surface area contributed by atoms with Crippen molar-refractivity contribution in [3.63, 3.8) is 0 Å². The number of carbonyl (C=O) groups is 1. The summed E-state index contributed by atoms with van der Waals surface area (Å²) in [5, 5.41) is 16.6. The molecule has 0 saturated heterocycles. The van der Waals surface area contributed by atoms with Crippen molar-refractivity contribution in [1.82, 2.24) is 25.6 Å². The summed E-state index contributed by atoms with van der Waals surface area (Å²) in [4.78, 5) is 21.3. The normalized spacial score (nSPS) is 10.3. The number of nitrogens with zero attached hydrogens (tertiary/aromatic N) is 5. The molecule has 0 spiro atoms. The number of hydrogen-bond donors (Lipinski definition) is 2. The molecular formula is C16H22N6O3. The van der Waals surface area contributed by atoms with Gasteiger partial charge in [-0.05, 0) is 18.9 Å². The first-order chi connectivity index (χ1) is 12.2. The van der Waals surface area contributed by atoms with Gasteiger partial charge in [0, 0.05) is 31.4 Å². The van der Waals surface area contributed by atoms with Crippen LogP contribution in [0.3, 0.4) is 0 Å². The van der Waals surface area contributed by atoms with Crippen LogP contribution in [0.2, 0.25) is 0 Å². The van der Waals surface area contributed by atoms with Gasteiger partial charge < -0.3 is 9.64 Å². The molecule has 2 N–H and O–H groups in total. The van der Waals surface area contributed by atoms with Crippen molar-refractivity contribution in [2.45, 2.75) is 32.1 Å². The number of hydroxylamine groups is 1. The van der Waals surface area contributed by atoms with Crippen LogP contribution >= 0.6 is 0 Å². The molecule has 25 heavy (non-hydrogen) atoms. The van der Waals surface area contributed by atoms with Gasteiger partial charge in [-0.3, -0.25) is 15.0 Å². The Balaban J connectivity index is 1.92. The summed E-state index contributed by atoms with van der Waals surface area (Å²) >= 11 is 0. The van der Waals surface area contributed by atoms with Crippen molar-refractivity contribution in [3.8, 4) is 5.88 Å². The maximum atomic E-state index is 11.0. The van der Waals surface area contributed by atoms with Gasteiger partial charge in [-0.1, -0.05) is 12.8 Å². The maximum absolute atomic E-state index is 11.0. The SMILES string of the molecule is COc1ccc(N(CCCCCCC(=O)NO)c2cnccn2)nn1. The van der Waals surface area contributed by atoms with Gasteiger partial charge in [-0.25, -0.2) is 10.5 Å². The standard InChI is InChI=1S/C16H22N6O3/c1-25-16-8-7-13(19-20-16)22(14-12-17-9-10-18-14)11-5-3-2-4-6-15(23)21-24/h7-10,12,24H,2-6,11H2,1H3,(H,21,23). The van der Waals surface area contributed by atoms with E-state index >= 15 is 0 Å². The molecule has 1 amide bonds. The zero-order chi connectivity index (χ0) is 17.9. The number of hydrogen-bond acceptors (Lipinski definition) is 8. The number of anilines is 2.